The zero-order chi connectivity index (χ0) is 16.2. The first kappa shape index (κ1) is 15.9. The van der Waals surface area contributed by atoms with E-state index in [1.807, 2.05) is 0 Å². The topological polar surface area (TPSA) is 58.6 Å². The predicted molar refractivity (Wildman–Crippen MR) is 82.4 cm³/mol. The fourth-order valence-corrected chi connectivity index (χ4v) is 3.09. The molecule has 0 aliphatic carbocycles. The fourth-order valence-electron chi connectivity index (χ4n) is 3.09. The normalized spacial score (nSPS) is 22.1. The second-order valence-corrected chi connectivity index (χ2v) is 6.14. The van der Waals surface area contributed by atoms with Gasteiger partial charge in [-0.1, -0.05) is 0 Å². The number of halogens is 1. The van der Waals surface area contributed by atoms with Crippen molar-refractivity contribution in [3.63, 3.8) is 0 Å². The van der Waals surface area contributed by atoms with Gasteiger partial charge in [0.05, 0.1) is 12.6 Å². The van der Waals surface area contributed by atoms with Gasteiger partial charge in [-0.3, -0.25) is 9.59 Å². The van der Waals surface area contributed by atoms with Crippen molar-refractivity contribution >= 4 is 11.8 Å². The minimum Gasteiger partial charge on any atom is -0.379 e. The molecule has 1 atom stereocenters. The number of rotatable bonds is 3. The van der Waals surface area contributed by atoms with Gasteiger partial charge in [-0.2, -0.15) is 0 Å². The van der Waals surface area contributed by atoms with Crippen LogP contribution >= 0.6 is 0 Å². The number of nitrogens with zero attached hydrogens (tertiary/aromatic N) is 1. The lowest BCUT2D eigenvalue weighted by Gasteiger charge is -2.32. The van der Waals surface area contributed by atoms with Crippen LogP contribution in [0.3, 0.4) is 0 Å². The monoisotopic (exact) mass is 320 g/mol. The van der Waals surface area contributed by atoms with Gasteiger partial charge in [-0.05, 0) is 43.5 Å². The molecule has 0 bridgehead atoms. The van der Waals surface area contributed by atoms with Crippen LogP contribution in [0.2, 0.25) is 0 Å². The van der Waals surface area contributed by atoms with Crippen LogP contribution in [-0.2, 0) is 9.53 Å². The fraction of sp³-hybridized carbons (Fsp3) is 0.529. The van der Waals surface area contributed by atoms with Gasteiger partial charge in [-0.25, -0.2) is 4.39 Å². The molecule has 0 spiro atoms. The number of piperidine rings is 1. The molecular formula is C17H21FN2O3. The Morgan fingerprint density at radius 1 is 1.13 bits per heavy atom. The highest BCUT2D eigenvalue weighted by Gasteiger charge is 2.29. The van der Waals surface area contributed by atoms with Gasteiger partial charge in [0, 0.05) is 31.2 Å². The molecule has 124 valence electrons. The lowest BCUT2D eigenvalue weighted by Crippen LogP contribution is -2.45. The largest absolute Gasteiger partial charge is 0.379 e. The zero-order valence-electron chi connectivity index (χ0n) is 13.0. The Morgan fingerprint density at radius 2 is 1.83 bits per heavy atom. The average molecular weight is 320 g/mol. The lowest BCUT2D eigenvalue weighted by molar-refractivity contribution is -0.127. The SMILES string of the molecule is O=C(NC1CCOC1)C1CCN(C(=O)c2ccc(F)cc2)CC1. The number of carbonyl (C=O) groups is 2. The molecule has 1 N–H and O–H groups in total. The van der Waals surface area contributed by atoms with Gasteiger partial charge >= 0.3 is 0 Å². The molecule has 0 radical (unpaired) electrons. The summed E-state index contributed by atoms with van der Waals surface area (Å²) >= 11 is 0. The summed E-state index contributed by atoms with van der Waals surface area (Å²) in [6, 6.07) is 5.70. The van der Waals surface area contributed by atoms with Gasteiger partial charge in [0.15, 0.2) is 0 Å². The molecular weight excluding hydrogens is 299 g/mol. The van der Waals surface area contributed by atoms with E-state index in [0.29, 0.717) is 44.7 Å². The highest BCUT2D eigenvalue weighted by atomic mass is 19.1. The van der Waals surface area contributed by atoms with Gasteiger partial charge in [-0.15, -0.1) is 0 Å². The molecule has 1 aromatic rings. The summed E-state index contributed by atoms with van der Waals surface area (Å²) in [6.07, 6.45) is 2.19. The van der Waals surface area contributed by atoms with Crippen molar-refractivity contribution in [2.24, 2.45) is 5.92 Å². The Labute approximate surface area is 134 Å². The molecule has 2 aliphatic rings. The number of amides is 2. The first-order valence-corrected chi connectivity index (χ1v) is 8.06. The maximum Gasteiger partial charge on any atom is 0.253 e. The molecule has 2 fully saturated rings. The molecule has 0 aromatic heterocycles. The summed E-state index contributed by atoms with van der Waals surface area (Å²) in [4.78, 5) is 26.3. The number of nitrogens with one attached hydrogen (secondary N) is 1. The van der Waals surface area contributed by atoms with Crippen molar-refractivity contribution in [2.45, 2.75) is 25.3 Å². The van der Waals surface area contributed by atoms with Gasteiger partial charge < -0.3 is 15.0 Å². The number of carbonyl (C=O) groups excluding carboxylic acids is 2. The van der Waals surface area contributed by atoms with E-state index < -0.39 is 0 Å². The maximum atomic E-state index is 12.9. The highest BCUT2D eigenvalue weighted by Crippen LogP contribution is 2.20. The first-order chi connectivity index (χ1) is 11.1. The molecule has 2 heterocycles. The number of benzene rings is 1. The van der Waals surface area contributed by atoms with E-state index in [0.717, 1.165) is 6.42 Å². The summed E-state index contributed by atoms with van der Waals surface area (Å²) < 4.78 is 18.2. The smallest absolute Gasteiger partial charge is 0.253 e. The number of likely N-dealkylation sites (tertiary alicyclic amines) is 1. The number of ether oxygens (including phenoxy) is 1. The molecule has 1 aromatic carbocycles. The Balaban J connectivity index is 1.50. The molecule has 2 amide bonds. The van der Waals surface area contributed by atoms with Gasteiger partial charge in [0.2, 0.25) is 5.91 Å². The van der Waals surface area contributed by atoms with E-state index in [1.54, 1.807) is 4.90 Å². The summed E-state index contributed by atoms with van der Waals surface area (Å²) in [7, 11) is 0. The molecule has 5 nitrogen and oxygen atoms in total. The van der Waals surface area contributed by atoms with Crippen LogP contribution in [0.25, 0.3) is 0 Å². The van der Waals surface area contributed by atoms with Crippen LogP contribution in [0.1, 0.15) is 29.6 Å². The molecule has 2 saturated heterocycles. The minimum absolute atomic E-state index is 0.0483. The zero-order valence-corrected chi connectivity index (χ0v) is 13.0. The van der Waals surface area contributed by atoms with Crippen molar-refractivity contribution in [1.82, 2.24) is 10.2 Å². The van der Waals surface area contributed by atoms with Crippen LogP contribution in [-0.4, -0.2) is 49.1 Å². The molecule has 6 heteroatoms. The second-order valence-electron chi connectivity index (χ2n) is 6.14. The van der Waals surface area contributed by atoms with E-state index in [1.165, 1.54) is 24.3 Å². The molecule has 0 saturated carbocycles. The third-order valence-electron chi connectivity index (χ3n) is 4.52. The second kappa shape index (κ2) is 7.08. The Hall–Kier alpha value is -1.95. The standard InChI is InChI=1S/C17H21FN2O3/c18-14-3-1-13(2-4-14)17(22)20-8-5-12(6-9-20)16(21)19-15-7-10-23-11-15/h1-4,12,15H,5-11H2,(H,19,21). The lowest BCUT2D eigenvalue weighted by atomic mass is 9.95. The van der Waals surface area contributed by atoms with Crippen LogP contribution in [0.5, 0.6) is 0 Å². The van der Waals surface area contributed by atoms with Crippen LogP contribution in [0.4, 0.5) is 4.39 Å². The van der Waals surface area contributed by atoms with Crippen molar-refractivity contribution in [1.29, 1.82) is 0 Å². The Morgan fingerprint density at radius 3 is 2.43 bits per heavy atom. The van der Waals surface area contributed by atoms with Gasteiger partial charge in [0.25, 0.3) is 5.91 Å². The number of hydrogen-bond donors (Lipinski definition) is 1. The van der Waals surface area contributed by atoms with E-state index in [2.05, 4.69) is 5.32 Å². The van der Waals surface area contributed by atoms with Crippen molar-refractivity contribution in [2.75, 3.05) is 26.3 Å². The minimum atomic E-state index is -0.354. The van der Waals surface area contributed by atoms with Crippen molar-refractivity contribution in [3.05, 3.63) is 35.6 Å². The summed E-state index contributed by atoms with van der Waals surface area (Å²) in [5.41, 5.74) is 0.484. The van der Waals surface area contributed by atoms with E-state index in [4.69, 9.17) is 4.74 Å². The molecule has 3 rings (SSSR count). The summed E-state index contributed by atoms with van der Waals surface area (Å²) in [6.45, 7) is 2.40. The highest BCUT2D eigenvalue weighted by molar-refractivity contribution is 5.94. The molecule has 23 heavy (non-hydrogen) atoms. The van der Waals surface area contributed by atoms with Crippen molar-refractivity contribution < 1.29 is 18.7 Å². The maximum absolute atomic E-state index is 12.9. The quantitative estimate of drug-likeness (QED) is 0.920. The third kappa shape index (κ3) is 3.88. The van der Waals surface area contributed by atoms with E-state index >= 15 is 0 Å². The van der Waals surface area contributed by atoms with Crippen LogP contribution in [0, 0.1) is 11.7 Å². The third-order valence-corrected chi connectivity index (χ3v) is 4.52. The van der Waals surface area contributed by atoms with Crippen LogP contribution < -0.4 is 5.32 Å². The Kier molecular flexibility index (Phi) is 4.91. The predicted octanol–water partition coefficient (Wildman–Crippen LogP) is 1.58. The number of hydrogen-bond acceptors (Lipinski definition) is 3. The first-order valence-electron chi connectivity index (χ1n) is 8.06. The average Bonchev–Trinajstić information content (AvgIpc) is 3.08. The summed E-state index contributed by atoms with van der Waals surface area (Å²) in [5, 5.41) is 3.02. The molecule has 1 unspecified atom stereocenters. The molecule has 2 aliphatic heterocycles. The Bertz CT molecular complexity index is 562. The van der Waals surface area contributed by atoms with Crippen molar-refractivity contribution in [3.8, 4) is 0 Å². The van der Waals surface area contributed by atoms with Crippen LogP contribution in [0.15, 0.2) is 24.3 Å². The van der Waals surface area contributed by atoms with E-state index in [9.17, 15) is 14.0 Å². The van der Waals surface area contributed by atoms with Gasteiger partial charge in [0.1, 0.15) is 5.82 Å². The summed E-state index contributed by atoms with van der Waals surface area (Å²) in [5.74, 6) is -0.442. The van der Waals surface area contributed by atoms with E-state index in [-0.39, 0.29) is 29.6 Å².